The van der Waals surface area contributed by atoms with E-state index in [0.29, 0.717) is 0 Å². The summed E-state index contributed by atoms with van der Waals surface area (Å²) >= 11 is 0. The summed E-state index contributed by atoms with van der Waals surface area (Å²) in [6.07, 6.45) is 0. The zero-order valence-corrected chi connectivity index (χ0v) is 18.2. The molecule has 14 heteroatoms. The maximum absolute atomic E-state index is 8.88. The quantitative estimate of drug-likeness (QED) is 0.290. The molecule has 3 N–H and O–H groups in total. The van der Waals surface area contributed by atoms with Crippen molar-refractivity contribution in [3.05, 3.63) is 0 Å². The fourth-order valence-electron chi connectivity index (χ4n) is 0. The molecule has 0 aliphatic carbocycles. The second kappa shape index (κ2) is 17.2. The Balaban J connectivity index is -0.0000000178. The molecule has 0 heterocycles. The van der Waals surface area contributed by atoms with Crippen molar-refractivity contribution in [2.45, 2.75) is 0 Å². The number of rotatable bonds is 0. The maximum Gasteiger partial charge on any atom is 1.00 e. The molecule has 0 aliphatic rings. The van der Waals surface area contributed by atoms with Crippen LogP contribution < -0.4 is 137 Å². The summed E-state index contributed by atoms with van der Waals surface area (Å²) < 4.78 is 8.88. The van der Waals surface area contributed by atoms with Gasteiger partial charge < -0.3 is 42.9 Å². The molecule has 0 fully saturated rings. The first-order valence-corrected chi connectivity index (χ1v) is 4.80. The van der Waals surface area contributed by atoms with Crippen LogP contribution >= 0.6 is 7.82 Å². The molecule has 0 amide bonds. The normalized spacial score (nSPS) is 8.50. The Hall–Kier alpha value is 4.17. The Bertz CT molecular complexity index is 114. The van der Waals surface area contributed by atoms with E-state index >= 15 is 0 Å². The van der Waals surface area contributed by atoms with Crippen LogP contribution in [0, 0.1) is 0 Å². The monoisotopic (exact) mass is 282 g/mol. The van der Waals surface area contributed by atoms with E-state index in [2.05, 4.69) is 0 Å². The van der Waals surface area contributed by atoms with E-state index in [9.17, 15) is 0 Å². The van der Waals surface area contributed by atoms with Crippen LogP contribution in [-0.4, -0.2) is 23.7 Å². The number of hydrogen-bond acceptors (Lipinski definition) is 5. The molecule has 0 saturated carbocycles. The average molecular weight is 282 g/mol. The van der Waals surface area contributed by atoms with E-state index in [1.54, 1.807) is 0 Å². The summed E-state index contributed by atoms with van der Waals surface area (Å²) in [5.74, 6) is 0. The van der Waals surface area contributed by atoms with Gasteiger partial charge in [0, 0.05) is 0 Å². The van der Waals surface area contributed by atoms with Crippen molar-refractivity contribution < 1.29 is 157 Å². The summed E-state index contributed by atoms with van der Waals surface area (Å²) in [5, 5.41) is 0. The second-order valence-electron chi connectivity index (χ2n) is 1.01. The molecule has 0 bridgehead atoms. The van der Waals surface area contributed by atoms with E-state index in [-0.39, 0.29) is 118 Å². The van der Waals surface area contributed by atoms with E-state index in [1.165, 1.54) is 0 Å². The Morgan fingerprint density at radius 1 is 0.786 bits per heavy atom. The SMILES string of the molecule is O=P(O)(O)O.[Na+].[Na+].[Na+].[Na+].[O-][Si]([O-])([O-])[O-]. The molecule has 0 spiro atoms. The third-order valence-corrected chi connectivity index (χ3v) is 0. The van der Waals surface area contributed by atoms with E-state index in [1.807, 2.05) is 0 Å². The van der Waals surface area contributed by atoms with Crippen LogP contribution in [-0.2, 0) is 4.57 Å². The van der Waals surface area contributed by atoms with Crippen molar-refractivity contribution >= 4 is 16.9 Å². The molecule has 64 valence electrons. The molecular weight excluding hydrogens is 279 g/mol. The summed E-state index contributed by atoms with van der Waals surface area (Å²) in [5.41, 5.74) is 0. The van der Waals surface area contributed by atoms with Gasteiger partial charge in [-0.25, -0.2) is 4.57 Å². The van der Waals surface area contributed by atoms with Gasteiger partial charge in [-0.3, -0.25) is 0 Å². The summed E-state index contributed by atoms with van der Waals surface area (Å²) in [6, 6.07) is 0. The minimum absolute atomic E-state index is 0. The van der Waals surface area contributed by atoms with Crippen molar-refractivity contribution in [2.24, 2.45) is 0 Å². The van der Waals surface area contributed by atoms with Crippen molar-refractivity contribution in [3.8, 4) is 0 Å². The van der Waals surface area contributed by atoms with Gasteiger partial charge in [0.25, 0.3) is 0 Å². The fraction of sp³-hybridized carbons (Fsp3) is 0. The number of hydrogen-bond donors (Lipinski definition) is 3. The smallest absolute Gasteiger partial charge is 0.894 e. The summed E-state index contributed by atoms with van der Waals surface area (Å²) in [7, 11) is -10.2. The molecule has 0 aromatic rings. The van der Waals surface area contributed by atoms with E-state index in [4.69, 9.17) is 38.4 Å². The Morgan fingerprint density at radius 2 is 0.786 bits per heavy atom. The van der Waals surface area contributed by atoms with Gasteiger partial charge in [0.1, 0.15) is 0 Å². The molecule has 0 radical (unpaired) electrons. The molecule has 0 aliphatic heterocycles. The first kappa shape index (κ1) is 36.2. The minimum atomic E-state index is -5.61. The zero-order valence-electron chi connectivity index (χ0n) is 8.33. The van der Waals surface area contributed by atoms with Gasteiger partial charge in [-0.1, -0.05) is 0 Å². The average Bonchev–Trinajstić information content (AvgIpc) is 1.12. The Labute approximate surface area is 170 Å². The van der Waals surface area contributed by atoms with E-state index in [0.717, 1.165) is 0 Å². The van der Waals surface area contributed by atoms with Crippen molar-refractivity contribution in [2.75, 3.05) is 0 Å². The Kier molecular flexibility index (Phi) is 44.3. The molecule has 8 nitrogen and oxygen atoms in total. The third kappa shape index (κ3) is 214. The van der Waals surface area contributed by atoms with Crippen LogP contribution in [0.1, 0.15) is 0 Å². The molecule has 0 aromatic carbocycles. The van der Waals surface area contributed by atoms with Gasteiger partial charge in [-0.2, -0.15) is 0 Å². The summed E-state index contributed by atoms with van der Waals surface area (Å²) in [6.45, 7) is 0. The standard InChI is InChI=1S/4Na.H3O4P.O4Si/c;;;;2*1-5(2,3)4/h;;;;(H3,1,2,3,4);/q4*+1;;-4. The van der Waals surface area contributed by atoms with Crippen molar-refractivity contribution in [1.29, 1.82) is 0 Å². The second-order valence-corrected chi connectivity index (χ2v) is 3.04. The predicted molar refractivity (Wildman–Crippen MR) is 20.0 cm³/mol. The van der Waals surface area contributed by atoms with Gasteiger partial charge in [-0.15, -0.1) is 0 Å². The molecule has 0 atom stereocenters. The van der Waals surface area contributed by atoms with Gasteiger partial charge >= 0.3 is 126 Å². The third-order valence-electron chi connectivity index (χ3n) is 0. The van der Waals surface area contributed by atoms with Gasteiger partial charge in [-0.05, 0) is 0 Å². The van der Waals surface area contributed by atoms with Crippen molar-refractivity contribution in [1.82, 2.24) is 0 Å². The van der Waals surface area contributed by atoms with Crippen LogP contribution in [0.3, 0.4) is 0 Å². The zero-order chi connectivity index (χ0) is 9.00. The fourth-order valence-corrected chi connectivity index (χ4v) is 0. The van der Waals surface area contributed by atoms with Crippen molar-refractivity contribution in [3.63, 3.8) is 0 Å². The van der Waals surface area contributed by atoms with Gasteiger partial charge in [0.2, 0.25) is 0 Å². The molecule has 0 aromatic heterocycles. The number of phosphoric acid groups is 1. The first-order valence-electron chi connectivity index (χ1n) is 1.60. The molecule has 0 rings (SSSR count). The topological polar surface area (TPSA) is 170 Å². The first-order chi connectivity index (χ1) is 4.00. The van der Waals surface area contributed by atoms with Crippen LogP contribution in [0.5, 0.6) is 0 Å². The van der Waals surface area contributed by atoms with Gasteiger partial charge in [0.05, 0.1) is 0 Å². The largest absolute Gasteiger partial charge is 1.00 e. The molecule has 0 saturated heterocycles. The molecular formula is H3Na4O8PSi. The van der Waals surface area contributed by atoms with Crippen LogP contribution in [0.25, 0.3) is 0 Å². The van der Waals surface area contributed by atoms with E-state index < -0.39 is 16.9 Å². The summed E-state index contributed by atoms with van der Waals surface area (Å²) in [4.78, 5) is 55.9. The molecule has 0 unspecified atom stereocenters. The van der Waals surface area contributed by atoms with Crippen LogP contribution in [0.4, 0.5) is 0 Å². The van der Waals surface area contributed by atoms with Crippen LogP contribution in [0.2, 0.25) is 0 Å². The van der Waals surface area contributed by atoms with Gasteiger partial charge in [0.15, 0.2) is 0 Å². The minimum Gasteiger partial charge on any atom is -0.894 e. The Morgan fingerprint density at radius 3 is 0.786 bits per heavy atom. The predicted octanol–water partition coefficient (Wildman–Crippen LogP) is -18.0. The molecule has 14 heavy (non-hydrogen) atoms. The van der Waals surface area contributed by atoms with Crippen LogP contribution in [0.15, 0.2) is 0 Å². The maximum atomic E-state index is 8.88.